The number of nitrogens with zero attached hydrogens (tertiary/aromatic N) is 5. The molecule has 0 unspecified atom stereocenters. The Labute approximate surface area is 157 Å². The summed E-state index contributed by atoms with van der Waals surface area (Å²) in [4.78, 5) is 31.1. The molecule has 1 aliphatic heterocycles. The van der Waals surface area contributed by atoms with E-state index in [2.05, 4.69) is 21.9 Å². The van der Waals surface area contributed by atoms with Gasteiger partial charge in [0, 0.05) is 44.0 Å². The fourth-order valence-corrected chi connectivity index (χ4v) is 4.36. The summed E-state index contributed by atoms with van der Waals surface area (Å²) < 4.78 is 3.47. The van der Waals surface area contributed by atoms with E-state index in [1.54, 1.807) is 11.6 Å². The van der Waals surface area contributed by atoms with Crippen LogP contribution < -0.4 is 5.56 Å². The van der Waals surface area contributed by atoms with Crippen LogP contribution >= 0.6 is 0 Å². The summed E-state index contributed by atoms with van der Waals surface area (Å²) in [6.07, 6.45) is 3.34. The van der Waals surface area contributed by atoms with Crippen molar-refractivity contribution in [2.75, 3.05) is 0 Å². The molecule has 0 spiro atoms. The van der Waals surface area contributed by atoms with Crippen LogP contribution in [0.1, 0.15) is 58.6 Å². The van der Waals surface area contributed by atoms with Crippen molar-refractivity contribution in [2.24, 2.45) is 7.05 Å². The maximum Gasteiger partial charge on any atom is 0.356 e. The van der Waals surface area contributed by atoms with Crippen LogP contribution in [0.5, 0.6) is 0 Å². The highest BCUT2D eigenvalue weighted by molar-refractivity contribution is 5.87. The number of carbonyl (C=O) groups is 1. The Morgan fingerprint density at radius 1 is 1.30 bits per heavy atom. The fraction of sp³-hybridized carbons (Fsp3) is 0.579. The molecular formula is C19H25N5O3. The van der Waals surface area contributed by atoms with Gasteiger partial charge in [-0.2, -0.15) is 5.10 Å². The Bertz CT molecular complexity index is 975. The second-order valence-electron chi connectivity index (χ2n) is 7.55. The van der Waals surface area contributed by atoms with Gasteiger partial charge in [-0.25, -0.2) is 9.78 Å². The maximum atomic E-state index is 12.5. The monoisotopic (exact) mass is 371 g/mol. The molecule has 2 aliphatic rings. The molecule has 0 bridgehead atoms. The Hall–Kier alpha value is -2.48. The van der Waals surface area contributed by atoms with Crippen molar-refractivity contribution in [3.8, 4) is 0 Å². The lowest BCUT2D eigenvalue weighted by molar-refractivity contribution is 0.0687. The highest BCUT2D eigenvalue weighted by atomic mass is 16.4. The van der Waals surface area contributed by atoms with Crippen LogP contribution in [-0.4, -0.2) is 41.3 Å². The third-order valence-electron chi connectivity index (χ3n) is 5.88. The molecule has 1 atom stereocenters. The van der Waals surface area contributed by atoms with Crippen LogP contribution in [0.3, 0.4) is 0 Å². The molecule has 27 heavy (non-hydrogen) atoms. The van der Waals surface area contributed by atoms with Crippen molar-refractivity contribution in [1.29, 1.82) is 0 Å². The third kappa shape index (κ3) is 2.88. The zero-order valence-corrected chi connectivity index (χ0v) is 16.0. The van der Waals surface area contributed by atoms with Gasteiger partial charge in [0.05, 0.1) is 11.3 Å². The van der Waals surface area contributed by atoms with Gasteiger partial charge >= 0.3 is 5.97 Å². The van der Waals surface area contributed by atoms with Gasteiger partial charge in [-0.3, -0.25) is 18.9 Å². The summed E-state index contributed by atoms with van der Waals surface area (Å²) in [5, 5.41) is 13.9. The number of hydrogen-bond donors (Lipinski definition) is 1. The van der Waals surface area contributed by atoms with Gasteiger partial charge in [-0.05, 0) is 32.6 Å². The molecule has 2 aromatic heterocycles. The molecule has 8 nitrogen and oxygen atoms in total. The average Bonchev–Trinajstić information content (AvgIpc) is 3.22. The van der Waals surface area contributed by atoms with Gasteiger partial charge in [-0.15, -0.1) is 0 Å². The third-order valence-corrected chi connectivity index (χ3v) is 5.88. The first-order valence-electron chi connectivity index (χ1n) is 9.52. The molecular weight excluding hydrogens is 346 g/mol. The Kier molecular flexibility index (Phi) is 4.38. The van der Waals surface area contributed by atoms with Crippen LogP contribution in [-0.2, 0) is 39.5 Å². The normalized spacial score (nSPS) is 19.1. The highest BCUT2D eigenvalue weighted by Gasteiger charge is 2.35. The maximum absolute atomic E-state index is 12.5. The molecule has 8 heteroatoms. The lowest BCUT2D eigenvalue weighted by atomic mass is 9.90. The van der Waals surface area contributed by atoms with Gasteiger partial charge in [0.25, 0.3) is 5.56 Å². The SMILES string of the molecule is CCCn1nc(C(=O)O)c2c1CC[C@@H](N1Cc3nc(C)n(C)c(=O)c3C1)C2. The molecule has 2 aromatic rings. The van der Waals surface area contributed by atoms with Gasteiger partial charge < -0.3 is 5.11 Å². The largest absolute Gasteiger partial charge is 0.476 e. The number of hydrogen-bond acceptors (Lipinski definition) is 5. The van der Waals surface area contributed by atoms with Gasteiger partial charge in [0.1, 0.15) is 5.82 Å². The van der Waals surface area contributed by atoms with Gasteiger partial charge in [-0.1, -0.05) is 6.92 Å². The molecule has 0 aromatic carbocycles. The van der Waals surface area contributed by atoms with Crippen LogP contribution in [0, 0.1) is 6.92 Å². The Balaban J connectivity index is 1.62. The van der Waals surface area contributed by atoms with Crippen LogP contribution in [0.2, 0.25) is 0 Å². The molecule has 1 N–H and O–H groups in total. The van der Waals surface area contributed by atoms with E-state index in [0.717, 1.165) is 54.1 Å². The van der Waals surface area contributed by atoms with Crippen molar-refractivity contribution in [3.63, 3.8) is 0 Å². The van der Waals surface area contributed by atoms with Crippen LogP contribution in [0.4, 0.5) is 0 Å². The minimum atomic E-state index is -0.961. The second-order valence-corrected chi connectivity index (χ2v) is 7.55. The van der Waals surface area contributed by atoms with E-state index in [0.29, 0.717) is 19.5 Å². The van der Waals surface area contributed by atoms with Crippen molar-refractivity contribution >= 4 is 5.97 Å². The van der Waals surface area contributed by atoms with E-state index in [9.17, 15) is 14.7 Å². The summed E-state index contributed by atoms with van der Waals surface area (Å²) in [6, 6.07) is 0.203. The van der Waals surface area contributed by atoms with Crippen LogP contribution in [0.25, 0.3) is 0 Å². The zero-order valence-electron chi connectivity index (χ0n) is 16.0. The van der Waals surface area contributed by atoms with Crippen molar-refractivity contribution < 1.29 is 9.90 Å². The number of aromatic nitrogens is 4. The molecule has 0 saturated carbocycles. The van der Waals surface area contributed by atoms with E-state index in [-0.39, 0.29) is 17.3 Å². The molecule has 4 rings (SSSR count). The topological polar surface area (TPSA) is 93.2 Å². The number of fused-ring (bicyclic) bond motifs is 2. The number of carboxylic acids is 1. The summed E-state index contributed by atoms with van der Waals surface area (Å²) in [6.45, 7) is 5.89. The molecule has 0 amide bonds. The molecule has 0 fully saturated rings. The summed E-state index contributed by atoms with van der Waals surface area (Å²) in [7, 11) is 1.75. The summed E-state index contributed by atoms with van der Waals surface area (Å²) in [5.74, 6) is -0.238. The molecule has 3 heterocycles. The van der Waals surface area contributed by atoms with E-state index in [4.69, 9.17) is 0 Å². The molecule has 0 saturated heterocycles. The number of aryl methyl sites for hydroxylation is 2. The zero-order chi connectivity index (χ0) is 19.3. The average molecular weight is 371 g/mol. The number of carboxylic acid groups (broad SMARTS) is 1. The minimum Gasteiger partial charge on any atom is -0.476 e. The lowest BCUT2D eigenvalue weighted by Crippen LogP contribution is -2.36. The first-order valence-corrected chi connectivity index (χ1v) is 9.52. The predicted molar refractivity (Wildman–Crippen MR) is 98.8 cm³/mol. The van der Waals surface area contributed by atoms with Crippen LogP contribution in [0.15, 0.2) is 4.79 Å². The molecule has 1 aliphatic carbocycles. The minimum absolute atomic E-state index is 0.0264. The lowest BCUT2D eigenvalue weighted by Gasteiger charge is -2.31. The summed E-state index contributed by atoms with van der Waals surface area (Å²) >= 11 is 0. The second kappa shape index (κ2) is 6.60. The number of aromatic carboxylic acids is 1. The fourth-order valence-electron chi connectivity index (χ4n) is 4.36. The van der Waals surface area contributed by atoms with E-state index in [1.807, 2.05) is 11.6 Å². The van der Waals surface area contributed by atoms with Gasteiger partial charge in [0.2, 0.25) is 0 Å². The molecule has 144 valence electrons. The molecule has 0 radical (unpaired) electrons. The quantitative estimate of drug-likeness (QED) is 0.870. The summed E-state index contributed by atoms with van der Waals surface area (Å²) in [5.41, 5.74) is 3.77. The van der Waals surface area contributed by atoms with Crippen molar-refractivity contribution in [3.05, 3.63) is 44.4 Å². The van der Waals surface area contributed by atoms with Crippen molar-refractivity contribution in [1.82, 2.24) is 24.2 Å². The van der Waals surface area contributed by atoms with E-state index >= 15 is 0 Å². The van der Waals surface area contributed by atoms with E-state index < -0.39 is 5.97 Å². The highest BCUT2D eigenvalue weighted by Crippen LogP contribution is 2.31. The Morgan fingerprint density at radius 2 is 2.07 bits per heavy atom. The van der Waals surface area contributed by atoms with Gasteiger partial charge in [0.15, 0.2) is 5.69 Å². The van der Waals surface area contributed by atoms with Crippen molar-refractivity contribution in [2.45, 2.75) is 65.2 Å². The Morgan fingerprint density at radius 3 is 2.78 bits per heavy atom. The first kappa shape index (κ1) is 17.9. The predicted octanol–water partition coefficient (Wildman–Crippen LogP) is 1.27. The standard InChI is InChI=1S/C19H25N5O3/c1-4-7-24-16-6-5-12(8-13(16)17(21-24)19(26)27)23-9-14-15(10-23)20-11(2)22(3)18(14)25/h12H,4-10H2,1-3H3,(H,26,27)/t12-/m1/s1. The first-order chi connectivity index (χ1) is 12.9. The smallest absolute Gasteiger partial charge is 0.356 e. The number of rotatable bonds is 4. The van der Waals surface area contributed by atoms with E-state index in [1.165, 1.54) is 0 Å².